The zero-order valence-corrected chi connectivity index (χ0v) is 11.6. The van der Waals surface area contributed by atoms with Crippen molar-refractivity contribution >= 4 is 55.7 Å². The number of nitriles is 1. The molecule has 12 N–H and O–H groups in total. The molecule has 22 heavy (non-hydrogen) atoms. The number of nitrogens with two attached hydrogens (primary N) is 6. The number of nitrogen functional groups attached to an aromatic ring is 6. The normalized spacial score (nSPS) is 10.9. The topological polar surface area (TPSA) is 180 Å². The highest BCUT2D eigenvalue weighted by atomic mass is 14.8. The third-order valence-corrected chi connectivity index (χ3v) is 3.91. The van der Waals surface area contributed by atoms with E-state index in [0.717, 1.165) is 5.39 Å². The van der Waals surface area contributed by atoms with Crippen LogP contribution < -0.4 is 34.4 Å². The van der Waals surface area contributed by atoms with Crippen LogP contribution in [0.5, 0.6) is 0 Å². The molecule has 3 aromatic carbocycles. The molecule has 3 rings (SSSR count). The molecule has 0 fully saturated rings. The smallest absolute Gasteiger partial charge is 0.102 e. The second-order valence-electron chi connectivity index (χ2n) is 5.14. The van der Waals surface area contributed by atoms with E-state index in [1.54, 1.807) is 18.2 Å². The van der Waals surface area contributed by atoms with Gasteiger partial charge in [0, 0.05) is 16.2 Å². The van der Waals surface area contributed by atoms with Crippen molar-refractivity contribution in [3.8, 4) is 6.07 Å². The molecule has 0 amide bonds. The van der Waals surface area contributed by atoms with E-state index in [2.05, 4.69) is 6.07 Å². The van der Waals surface area contributed by atoms with Gasteiger partial charge in [0.1, 0.15) is 6.07 Å². The Labute approximate surface area is 126 Å². The lowest BCUT2D eigenvalue weighted by Crippen LogP contribution is -2.05. The fourth-order valence-corrected chi connectivity index (χ4v) is 2.63. The zero-order chi connectivity index (χ0) is 16.2. The molecular formula is C15H15N7. The average Bonchev–Trinajstić information content (AvgIpc) is 2.51. The monoisotopic (exact) mass is 293 g/mol. The summed E-state index contributed by atoms with van der Waals surface area (Å²) in [6.45, 7) is 0. The molecule has 0 aliphatic carbocycles. The lowest BCUT2D eigenvalue weighted by molar-refractivity contribution is 1.50. The fourth-order valence-electron chi connectivity index (χ4n) is 2.63. The molecule has 0 aromatic heterocycles. The molecule has 0 atom stereocenters. The molecule has 0 spiro atoms. The molecule has 0 aliphatic heterocycles. The quantitative estimate of drug-likeness (QED) is 0.267. The highest BCUT2D eigenvalue weighted by Gasteiger charge is 2.15. The van der Waals surface area contributed by atoms with Crippen LogP contribution in [0.3, 0.4) is 0 Å². The molecule has 0 radical (unpaired) electrons. The number of nitrogens with zero attached hydrogens (tertiary/aromatic N) is 1. The van der Waals surface area contributed by atoms with Crippen molar-refractivity contribution in [1.29, 1.82) is 5.26 Å². The first-order chi connectivity index (χ1) is 10.4. The van der Waals surface area contributed by atoms with Crippen LogP contribution in [0, 0.1) is 11.3 Å². The number of hydrogen-bond donors (Lipinski definition) is 6. The Kier molecular flexibility index (Phi) is 2.59. The predicted molar refractivity (Wildman–Crippen MR) is 92.6 cm³/mol. The number of fused-ring (bicyclic) bond motifs is 2. The molecule has 110 valence electrons. The summed E-state index contributed by atoms with van der Waals surface area (Å²) in [5, 5.41) is 12.0. The molecular weight excluding hydrogens is 278 g/mol. The minimum atomic E-state index is 0.228. The zero-order valence-electron chi connectivity index (χ0n) is 11.6. The van der Waals surface area contributed by atoms with Gasteiger partial charge in [-0.05, 0) is 23.6 Å². The van der Waals surface area contributed by atoms with Crippen molar-refractivity contribution in [2.75, 3.05) is 34.4 Å². The van der Waals surface area contributed by atoms with Gasteiger partial charge in [-0.25, -0.2) is 0 Å². The van der Waals surface area contributed by atoms with Crippen LogP contribution in [0.15, 0.2) is 18.2 Å². The minimum Gasteiger partial charge on any atom is -0.397 e. The summed E-state index contributed by atoms with van der Waals surface area (Å²) in [6.07, 6.45) is 0. The van der Waals surface area contributed by atoms with E-state index in [9.17, 15) is 5.26 Å². The Balaban J connectivity index is 2.62. The van der Waals surface area contributed by atoms with Gasteiger partial charge >= 0.3 is 0 Å². The largest absolute Gasteiger partial charge is 0.397 e. The Morgan fingerprint density at radius 1 is 0.636 bits per heavy atom. The van der Waals surface area contributed by atoms with Crippen molar-refractivity contribution in [2.45, 2.75) is 0 Å². The Morgan fingerprint density at radius 2 is 1.18 bits per heavy atom. The van der Waals surface area contributed by atoms with Gasteiger partial charge in [-0.15, -0.1) is 0 Å². The first kappa shape index (κ1) is 13.5. The van der Waals surface area contributed by atoms with Crippen LogP contribution in [0.1, 0.15) is 5.56 Å². The van der Waals surface area contributed by atoms with Gasteiger partial charge in [-0.1, -0.05) is 0 Å². The van der Waals surface area contributed by atoms with Crippen LogP contribution in [0.25, 0.3) is 21.5 Å². The van der Waals surface area contributed by atoms with Crippen LogP contribution in [-0.2, 0) is 0 Å². The molecule has 0 aliphatic rings. The lowest BCUT2D eigenvalue weighted by Gasteiger charge is -2.15. The van der Waals surface area contributed by atoms with Crippen LogP contribution in [0.4, 0.5) is 34.1 Å². The van der Waals surface area contributed by atoms with Crippen molar-refractivity contribution in [1.82, 2.24) is 0 Å². The first-order valence-corrected chi connectivity index (χ1v) is 6.44. The summed E-state index contributed by atoms with van der Waals surface area (Å²) in [5.41, 5.74) is 37.6. The van der Waals surface area contributed by atoms with Crippen LogP contribution >= 0.6 is 0 Å². The summed E-state index contributed by atoms with van der Waals surface area (Å²) in [6, 6.07) is 7.28. The molecule has 0 bridgehead atoms. The first-order valence-electron chi connectivity index (χ1n) is 6.44. The van der Waals surface area contributed by atoms with Gasteiger partial charge in [0.25, 0.3) is 0 Å². The molecule has 0 unspecified atom stereocenters. The highest BCUT2D eigenvalue weighted by molar-refractivity contribution is 6.17. The number of rotatable bonds is 0. The summed E-state index contributed by atoms with van der Waals surface area (Å²) in [4.78, 5) is 0. The van der Waals surface area contributed by atoms with E-state index in [0.29, 0.717) is 38.8 Å². The third kappa shape index (κ3) is 1.55. The molecule has 7 nitrogen and oxygen atoms in total. The summed E-state index contributed by atoms with van der Waals surface area (Å²) in [5.74, 6) is 0. The second kappa shape index (κ2) is 4.23. The molecule has 0 saturated carbocycles. The Hall–Kier alpha value is -3.53. The van der Waals surface area contributed by atoms with Gasteiger partial charge in [0.15, 0.2) is 0 Å². The van der Waals surface area contributed by atoms with Gasteiger partial charge in [0.2, 0.25) is 0 Å². The molecule has 0 saturated heterocycles. The van der Waals surface area contributed by atoms with E-state index in [1.807, 2.05) is 0 Å². The Morgan fingerprint density at radius 3 is 1.73 bits per heavy atom. The third-order valence-electron chi connectivity index (χ3n) is 3.91. The molecule has 0 heterocycles. The summed E-state index contributed by atoms with van der Waals surface area (Å²) >= 11 is 0. The van der Waals surface area contributed by atoms with E-state index < -0.39 is 0 Å². The summed E-state index contributed by atoms with van der Waals surface area (Å²) in [7, 11) is 0. The Bertz CT molecular complexity index is 999. The van der Waals surface area contributed by atoms with E-state index in [1.165, 1.54) is 0 Å². The lowest BCUT2D eigenvalue weighted by atomic mass is 9.95. The highest BCUT2D eigenvalue weighted by Crippen LogP contribution is 2.41. The average molecular weight is 293 g/mol. The van der Waals surface area contributed by atoms with Crippen molar-refractivity contribution in [2.24, 2.45) is 0 Å². The van der Waals surface area contributed by atoms with Gasteiger partial charge in [-0.2, -0.15) is 5.26 Å². The molecule has 7 heteroatoms. The van der Waals surface area contributed by atoms with Crippen molar-refractivity contribution in [3.63, 3.8) is 0 Å². The van der Waals surface area contributed by atoms with Crippen LogP contribution in [-0.4, -0.2) is 0 Å². The minimum absolute atomic E-state index is 0.228. The van der Waals surface area contributed by atoms with E-state index in [4.69, 9.17) is 34.4 Å². The van der Waals surface area contributed by atoms with Crippen LogP contribution in [0.2, 0.25) is 0 Å². The van der Waals surface area contributed by atoms with E-state index in [-0.39, 0.29) is 17.1 Å². The predicted octanol–water partition coefficient (Wildman–Crippen LogP) is 1.36. The standard InChI is InChI=1S/C15H15N7/c16-4-9-6-3-8-7(1-5(6)2-10(17)11(9)18)12(19)14(21)15(22)13(8)20/h1-3H,17-22H2. The number of hydrogen-bond acceptors (Lipinski definition) is 7. The molecule has 3 aromatic rings. The maximum absolute atomic E-state index is 9.35. The number of anilines is 6. The maximum Gasteiger partial charge on any atom is 0.102 e. The second-order valence-corrected chi connectivity index (χ2v) is 5.14. The van der Waals surface area contributed by atoms with Gasteiger partial charge in [-0.3, -0.25) is 0 Å². The van der Waals surface area contributed by atoms with Crippen molar-refractivity contribution in [3.05, 3.63) is 23.8 Å². The maximum atomic E-state index is 9.35. The van der Waals surface area contributed by atoms with Gasteiger partial charge in [0.05, 0.1) is 39.7 Å². The van der Waals surface area contributed by atoms with E-state index >= 15 is 0 Å². The SMILES string of the molecule is N#Cc1c(N)c(N)cc2cc3c(N)c(N)c(N)c(N)c3cc12. The van der Waals surface area contributed by atoms with Gasteiger partial charge < -0.3 is 34.4 Å². The fraction of sp³-hybridized carbons (Fsp3) is 0. The number of benzene rings is 3. The summed E-state index contributed by atoms with van der Waals surface area (Å²) < 4.78 is 0. The van der Waals surface area contributed by atoms with Crippen molar-refractivity contribution < 1.29 is 0 Å².